The molecule has 1 aromatic rings. The van der Waals surface area contributed by atoms with Gasteiger partial charge in [0, 0.05) is 36.2 Å². The van der Waals surface area contributed by atoms with E-state index in [0.29, 0.717) is 23.2 Å². The van der Waals surface area contributed by atoms with Crippen molar-refractivity contribution < 1.29 is 9.53 Å². The lowest BCUT2D eigenvalue weighted by molar-refractivity contribution is -0.122. The molecule has 0 bridgehead atoms. The van der Waals surface area contributed by atoms with Crippen molar-refractivity contribution in [2.75, 3.05) is 20.3 Å². The first-order valence-electron chi connectivity index (χ1n) is 6.34. The molecule has 0 spiro atoms. The Bertz CT molecular complexity index is 445. The second kappa shape index (κ2) is 6.60. The lowest BCUT2D eigenvalue weighted by Crippen LogP contribution is -2.27. The van der Waals surface area contributed by atoms with Crippen LogP contribution in [0.25, 0.3) is 0 Å². The fraction of sp³-hybridized carbons (Fsp3) is 0.500. The Morgan fingerprint density at radius 3 is 2.68 bits per heavy atom. The minimum absolute atomic E-state index is 0.0529. The summed E-state index contributed by atoms with van der Waals surface area (Å²) in [5, 5.41) is 4.16. The normalized spacial score (nSPS) is 21.2. The largest absolute Gasteiger partial charge is 0.385 e. The quantitative estimate of drug-likeness (QED) is 0.819. The van der Waals surface area contributed by atoms with E-state index in [1.54, 1.807) is 13.2 Å². The maximum atomic E-state index is 11.9. The molecule has 1 N–H and O–H groups in total. The Hall–Kier alpha value is -0.770. The van der Waals surface area contributed by atoms with Crippen molar-refractivity contribution in [3.05, 3.63) is 33.8 Å². The molecule has 1 aromatic carbocycles. The SMILES string of the molecule is COCCCNC(=O)[C@@H]1C[C@H]1c1cc(Cl)cc(Cl)c1. The van der Waals surface area contributed by atoms with E-state index in [1.165, 1.54) is 0 Å². The summed E-state index contributed by atoms with van der Waals surface area (Å²) in [6.45, 7) is 1.32. The first-order valence-corrected chi connectivity index (χ1v) is 7.10. The Morgan fingerprint density at radius 2 is 2.05 bits per heavy atom. The molecular formula is C14H17Cl2NO2. The summed E-state index contributed by atoms with van der Waals surface area (Å²) in [4.78, 5) is 11.9. The van der Waals surface area contributed by atoms with E-state index in [0.717, 1.165) is 18.4 Å². The highest BCUT2D eigenvalue weighted by Gasteiger charge is 2.43. The molecule has 0 saturated heterocycles. The minimum Gasteiger partial charge on any atom is -0.385 e. The van der Waals surface area contributed by atoms with E-state index in [2.05, 4.69) is 5.32 Å². The van der Waals surface area contributed by atoms with Gasteiger partial charge in [-0.2, -0.15) is 0 Å². The number of halogens is 2. The number of benzene rings is 1. The molecule has 0 heterocycles. The third kappa shape index (κ3) is 4.10. The summed E-state index contributed by atoms with van der Waals surface area (Å²) in [5.74, 6) is 0.410. The lowest BCUT2D eigenvalue weighted by Gasteiger charge is -2.05. The molecule has 104 valence electrons. The predicted molar refractivity (Wildman–Crippen MR) is 76.8 cm³/mol. The highest BCUT2D eigenvalue weighted by molar-refractivity contribution is 6.34. The van der Waals surface area contributed by atoms with Gasteiger partial charge in [-0.15, -0.1) is 0 Å². The summed E-state index contributed by atoms with van der Waals surface area (Å²) in [5.41, 5.74) is 1.05. The Kier molecular flexibility index (Phi) is 5.08. The number of hydrogen-bond donors (Lipinski definition) is 1. The van der Waals surface area contributed by atoms with Gasteiger partial charge in [0.25, 0.3) is 0 Å². The summed E-state index contributed by atoms with van der Waals surface area (Å²) in [6, 6.07) is 5.47. The van der Waals surface area contributed by atoms with Crippen LogP contribution in [0, 0.1) is 5.92 Å². The van der Waals surface area contributed by atoms with Crippen molar-refractivity contribution in [2.24, 2.45) is 5.92 Å². The van der Waals surface area contributed by atoms with Gasteiger partial charge >= 0.3 is 0 Å². The van der Waals surface area contributed by atoms with E-state index < -0.39 is 0 Å². The molecule has 1 amide bonds. The number of amides is 1. The van der Waals surface area contributed by atoms with E-state index in [4.69, 9.17) is 27.9 Å². The average Bonchev–Trinajstić information content (AvgIpc) is 3.13. The van der Waals surface area contributed by atoms with Crippen LogP contribution >= 0.6 is 23.2 Å². The number of hydrogen-bond acceptors (Lipinski definition) is 2. The Balaban J connectivity index is 1.84. The molecule has 2 rings (SSSR count). The average molecular weight is 302 g/mol. The summed E-state index contributed by atoms with van der Waals surface area (Å²) in [7, 11) is 1.65. The van der Waals surface area contributed by atoms with Gasteiger partial charge in [-0.3, -0.25) is 4.79 Å². The van der Waals surface area contributed by atoms with E-state index in [-0.39, 0.29) is 17.7 Å². The summed E-state index contributed by atoms with van der Waals surface area (Å²) < 4.78 is 4.94. The Labute approximate surface area is 123 Å². The molecule has 1 aliphatic rings. The molecule has 1 fully saturated rings. The van der Waals surface area contributed by atoms with Crippen molar-refractivity contribution in [3.63, 3.8) is 0 Å². The van der Waals surface area contributed by atoms with Crippen molar-refractivity contribution in [3.8, 4) is 0 Å². The zero-order valence-corrected chi connectivity index (χ0v) is 12.3. The van der Waals surface area contributed by atoms with Crippen LogP contribution in [0.3, 0.4) is 0 Å². The van der Waals surface area contributed by atoms with Crippen molar-refractivity contribution in [1.82, 2.24) is 5.32 Å². The molecule has 0 aliphatic heterocycles. The number of methoxy groups -OCH3 is 1. The van der Waals surface area contributed by atoms with Gasteiger partial charge in [0.05, 0.1) is 0 Å². The van der Waals surface area contributed by atoms with Crippen LogP contribution in [0.2, 0.25) is 10.0 Å². The molecule has 1 aliphatic carbocycles. The van der Waals surface area contributed by atoms with Gasteiger partial charge in [0.2, 0.25) is 5.91 Å². The first kappa shape index (κ1) is 14.6. The number of rotatable bonds is 6. The topological polar surface area (TPSA) is 38.3 Å². The predicted octanol–water partition coefficient (Wildman–Crippen LogP) is 3.25. The smallest absolute Gasteiger partial charge is 0.223 e. The molecule has 2 atom stereocenters. The first-order chi connectivity index (χ1) is 9.11. The van der Waals surface area contributed by atoms with Gasteiger partial charge < -0.3 is 10.1 Å². The second-order valence-corrected chi connectivity index (χ2v) is 5.66. The number of carbonyl (C=O) groups excluding carboxylic acids is 1. The number of nitrogens with one attached hydrogen (secondary N) is 1. The van der Waals surface area contributed by atoms with E-state index in [9.17, 15) is 4.79 Å². The summed E-state index contributed by atoms with van der Waals surface area (Å²) >= 11 is 11.9. The van der Waals surface area contributed by atoms with Crippen LogP contribution in [0.5, 0.6) is 0 Å². The molecular weight excluding hydrogens is 285 g/mol. The number of ether oxygens (including phenoxy) is 1. The van der Waals surface area contributed by atoms with Gasteiger partial charge in [-0.25, -0.2) is 0 Å². The fourth-order valence-electron chi connectivity index (χ4n) is 2.20. The van der Waals surface area contributed by atoms with Crippen LogP contribution in [-0.2, 0) is 9.53 Å². The van der Waals surface area contributed by atoms with Crippen molar-refractivity contribution >= 4 is 29.1 Å². The van der Waals surface area contributed by atoms with E-state index in [1.807, 2.05) is 12.1 Å². The minimum atomic E-state index is 0.0529. The summed E-state index contributed by atoms with van der Waals surface area (Å²) in [6.07, 6.45) is 1.70. The maximum absolute atomic E-state index is 11.9. The van der Waals surface area contributed by atoms with Crippen LogP contribution in [-0.4, -0.2) is 26.2 Å². The molecule has 5 heteroatoms. The zero-order chi connectivity index (χ0) is 13.8. The fourth-order valence-corrected chi connectivity index (χ4v) is 2.74. The van der Waals surface area contributed by atoms with Gasteiger partial charge in [0.1, 0.15) is 0 Å². The Morgan fingerprint density at radius 1 is 1.37 bits per heavy atom. The van der Waals surface area contributed by atoms with Crippen LogP contribution in [0.4, 0.5) is 0 Å². The van der Waals surface area contributed by atoms with Gasteiger partial charge in [0.15, 0.2) is 0 Å². The highest BCUT2D eigenvalue weighted by Crippen LogP contribution is 2.48. The second-order valence-electron chi connectivity index (χ2n) is 4.79. The third-order valence-electron chi connectivity index (χ3n) is 3.26. The molecule has 19 heavy (non-hydrogen) atoms. The van der Waals surface area contributed by atoms with Crippen LogP contribution < -0.4 is 5.32 Å². The highest BCUT2D eigenvalue weighted by atomic mass is 35.5. The molecule has 0 aromatic heterocycles. The van der Waals surface area contributed by atoms with Crippen LogP contribution in [0.15, 0.2) is 18.2 Å². The lowest BCUT2D eigenvalue weighted by atomic mass is 10.1. The molecule has 1 saturated carbocycles. The van der Waals surface area contributed by atoms with E-state index >= 15 is 0 Å². The van der Waals surface area contributed by atoms with Gasteiger partial charge in [-0.05, 0) is 42.5 Å². The molecule has 3 nitrogen and oxygen atoms in total. The van der Waals surface area contributed by atoms with Crippen molar-refractivity contribution in [1.29, 1.82) is 0 Å². The third-order valence-corrected chi connectivity index (χ3v) is 3.70. The standard InChI is InChI=1S/C14H17Cl2NO2/c1-19-4-2-3-17-14(18)13-8-12(13)9-5-10(15)7-11(16)6-9/h5-7,12-13H,2-4,8H2,1H3,(H,17,18)/t12-,13+/m0/s1. The monoisotopic (exact) mass is 301 g/mol. The molecule has 0 unspecified atom stereocenters. The van der Waals surface area contributed by atoms with Crippen LogP contribution in [0.1, 0.15) is 24.3 Å². The van der Waals surface area contributed by atoms with Gasteiger partial charge in [-0.1, -0.05) is 23.2 Å². The zero-order valence-electron chi connectivity index (χ0n) is 10.8. The van der Waals surface area contributed by atoms with Crippen molar-refractivity contribution in [2.45, 2.75) is 18.8 Å². The molecule has 0 radical (unpaired) electrons. The maximum Gasteiger partial charge on any atom is 0.223 e. The number of carbonyl (C=O) groups is 1.